The van der Waals surface area contributed by atoms with Gasteiger partial charge in [-0.15, -0.1) is 21.5 Å². The molecule has 1 atom stereocenters. The van der Waals surface area contributed by atoms with Crippen LogP contribution in [-0.2, 0) is 12.7 Å². The van der Waals surface area contributed by atoms with E-state index in [4.69, 9.17) is 0 Å². The summed E-state index contributed by atoms with van der Waals surface area (Å²) in [4.78, 5) is 17.9. The lowest BCUT2D eigenvalue weighted by Crippen LogP contribution is -2.41. The van der Waals surface area contributed by atoms with Gasteiger partial charge in [0, 0.05) is 24.0 Å². The van der Waals surface area contributed by atoms with Crippen molar-refractivity contribution >= 4 is 17.2 Å². The van der Waals surface area contributed by atoms with Crippen molar-refractivity contribution in [3.63, 3.8) is 0 Å². The summed E-state index contributed by atoms with van der Waals surface area (Å²) in [6.45, 7) is 2.38. The Morgan fingerprint density at radius 3 is 2.54 bits per heavy atom. The number of hydrogen-bond acceptors (Lipinski definition) is 5. The molecule has 0 spiro atoms. The zero-order valence-corrected chi connectivity index (χ0v) is 15.3. The van der Waals surface area contributed by atoms with E-state index in [9.17, 15) is 22.4 Å². The van der Waals surface area contributed by atoms with E-state index in [1.54, 1.807) is 16.4 Å². The number of hydrogen-bond donors (Lipinski definition) is 0. The maximum atomic E-state index is 13.1. The van der Waals surface area contributed by atoms with Crippen molar-refractivity contribution in [3.05, 3.63) is 51.9 Å². The van der Waals surface area contributed by atoms with Crippen LogP contribution in [0.5, 0.6) is 0 Å². The Bertz CT molecular complexity index is 1030. The molecule has 3 aromatic rings. The fraction of sp³-hybridized carbons (Fsp3) is 0.294. The zero-order chi connectivity index (χ0) is 20.1. The number of benzene rings is 1. The number of thiazole rings is 1. The van der Waals surface area contributed by atoms with E-state index in [0.29, 0.717) is 35.8 Å². The second-order valence-corrected chi connectivity index (χ2v) is 7.11. The largest absolute Gasteiger partial charge is 0.443 e. The van der Waals surface area contributed by atoms with Crippen molar-refractivity contribution in [3.8, 4) is 11.5 Å². The molecule has 1 amide bonds. The number of carbonyl (C=O) groups excluding carboxylic acids is 1. The van der Waals surface area contributed by atoms with Crippen LogP contribution in [0.2, 0.25) is 0 Å². The summed E-state index contributed by atoms with van der Waals surface area (Å²) in [7, 11) is 0. The summed E-state index contributed by atoms with van der Waals surface area (Å²) in [6, 6.07) is 4.78. The first-order valence-electron chi connectivity index (χ1n) is 8.28. The van der Waals surface area contributed by atoms with Crippen molar-refractivity contribution in [2.45, 2.75) is 25.7 Å². The second-order valence-electron chi connectivity index (χ2n) is 6.25. The molecule has 0 bridgehead atoms. The molecular weight excluding hydrogens is 398 g/mol. The van der Waals surface area contributed by atoms with Gasteiger partial charge < -0.3 is 9.47 Å². The quantitative estimate of drug-likeness (QED) is 0.602. The Labute approximate surface area is 160 Å². The molecule has 28 heavy (non-hydrogen) atoms. The normalized spacial score (nSPS) is 16.9. The Balaban J connectivity index is 1.62. The first-order chi connectivity index (χ1) is 13.3. The number of amides is 1. The number of fused-ring (bicyclic) bond motifs is 1. The third-order valence-corrected chi connectivity index (χ3v) is 5.40. The van der Waals surface area contributed by atoms with Crippen molar-refractivity contribution in [2.24, 2.45) is 0 Å². The molecule has 146 valence electrons. The van der Waals surface area contributed by atoms with Gasteiger partial charge in [0.15, 0.2) is 16.7 Å². The van der Waals surface area contributed by atoms with Crippen molar-refractivity contribution in [1.29, 1.82) is 0 Å². The highest BCUT2D eigenvalue weighted by molar-refractivity contribution is 7.10. The predicted octanol–water partition coefficient (Wildman–Crippen LogP) is 3.78. The fourth-order valence-corrected chi connectivity index (χ4v) is 3.78. The summed E-state index contributed by atoms with van der Waals surface area (Å²) in [5.74, 6) is -0.0221. The van der Waals surface area contributed by atoms with Crippen LogP contribution < -0.4 is 0 Å². The van der Waals surface area contributed by atoms with Gasteiger partial charge >= 0.3 is 6.18 Å². The van der Waals surface area contributed by atoms with Crippen LogP contribution in [0, 0.1) is 5.82 Å². The second kappa shape index (κ2) is 6.66. The van der Waals surface area contributed by atoms with Crippen LogP contribution in [0.15, 0.2) is 29.6 Å². The van der Waals surface area contributed by atoms with Crippen LogP contribution in [0.25, 0.3) is 11.5 Å². The van der Waals surface area contributed by atoms with Gasteiger partial charge in [-0.05, 0) is 31.2 Å². The highest BCUT2D eigenvalue weighted by Gasteiger charge is 2.36. The molecule has 2 aromatic heterocycles. The van der Waals surface area contributed by atoms with Crippen LogP contribution in [0.4, 0.5) is 17.6 Å². The van der Waals surface area contributed by atoms with Crippen LogP contribution in [-0.4, -0.2) is 37.1 Å². The van der Waals surface area contributed by atoms with E-state index in [-0.39, 0.29) is 17.4 Å². The molecule has 0 saturated carbocycles. The van der Waals surface area contributed by atoms with E-state index >= 15 is 0 Å². The standard InChI is InChI=1S/C17H13F4N5OS/c1-9-13-23-24-14(12-8-28-16(22-12)17(19,20)21)26(13)7-6-25(9)15(27)10-2-4-11(18)5-3-10/h2-5,8-9H,6-7H2,1H3. The summed E-state index contributed by atoms with van der Waals surface area (Å²) < 4.78 is 53.2. The minimum Gasteiger partial charge on any atom is -0.327 e. The summed E-state index contributed by atoms with van der Waals surface area (Å²) >= 11 is 0.498. The SMILES string of the molecule is CC1c2nnc(-c3csc(C(F)(F)F)n3)n2CCN1C(=O)c1ccc(F)cc1. The van der Waals surface area contributed by atoms with Gasteiger partial charge in [0.1, 0.15) is 11.5 Å². The van der Waals surface area contributed by atoms with Crippen LogP contribution in [0.3, 0.4) is 0 Å². The molecule has 3 heterocycles. The average Bonchev–Trinajstić information content (AvgIpc) is 3.29. The van der Waals surface area contributed by atoms with Gasteiger partial charge in [-0.3, -0.25) is 4.79 Å². The summed E-state index contributed by atoms with van der Waals surface area (Å²) in [5, 5.41) is 8.41. The minimum atomic E-state index is -4.51. The third-order valence-electron chi connectivity index (χ3n) is 4.51. The van der Waals surface area contributed by atoms with Gasteiger partial charge in [0.2, 0.25) is 0 Å². The molecule has 0 aliphatic carbocycles. The number of rotatable bonds is 2. The lowest BCUT2D eigenvalue weighted by atomic mass is 10.1. The number of alkyl halides is 3. The van der Waals surface area contributed by atoms with E-state index in [2.05, 4.69) is 15.2 Å². The van der Waals surface area contributed by atoms with Crippen LogP contribution in [0.1, 0.15) is 34.2 Å². The highest BCUT2D eigenvalue weighted by Crippen LogP contribution is 2.35. The zero-order valence-electron chi connectivity index (χ0n) is 14.4. The number of nitrogens with zero attached hydrogens (tertiary/aromatic N) is 5. The van der Waals surface area contributed by atoms with E-state index in [0.717, 1.165) is 0 Å². The van der Waals surface area contributed by atoms with Gasteiger partial charge in [-0.25, -0.2) is 9.37 Å². The van der Waals surface area contributed by atoms with E-state index in [1.807, 2.05) is 0 Å². The number of halogens is 4. The Hall–Kier alpha value is -2.82. The molecule has 1 unspecified atom stereocenters. The first-order valence-corrected chi connectivity index (χ1v) is 9.16. The molecule has 11 heteroatoms. The van der Waals surface area contributed by atoms with Gasteiger partial charge in [0.25, 0.3) is 5.91 Å². The molecule has 0 N–H and O–H groups in total. The molecule has 6 nitrogen and oxygen atoms in total. The number of aromatic nitrogens is 4. The summed E-state index contributed by atoms with van der Waals surface area (Å²) in [6.07, 6.45) is -4.51. The lowest BCUT2D eigenvalue weighted by molar-refractivity contribution is -0.137. The van der Waals surface area contributed by atoms with E-state index < -0.39 is 23.0 Å². The smallest absolute Gasteiger partial charge is 0.327 e. The topological polar surface area (TPSA) is 63.9 Å². The molecule has 1 aliphatic heterocycles. The number of carbonyl (C=O) groups is 1. The molecular formula is C17H13F4N5OS. The molecule has 1 aliphatic rings. The van der Waals surface area contributed by atoms with Crippen molar-refractivity contribution < 1.29 is 22.4 Å². The average molecular weight is 411 g/mol. The van der Waals surface area contributed by atoms with Gasteiger partial charge in [0.05, 0.1) is 6.04 Å². The fourth-order valence-electron chi connectivity index (χ4n) is 3.12. The Kier molecular flexibility index (Phi) is 4.41. The van der Waals surface area contributed by atoms with Gasteiger partial charge in [-0.2, -0.15) is 13.2 Å². The molecule has 0 fully saturated rings. The van der Waals surface area contributed by atoms with Gasteiger partial charge in [-0.1, -0.05) is 0 Å². The predicted molar refractivity (Wildman–Crippen MR) is 92.0 cm³/mol. The maximum Gasteiger partial charge on any atom is 0.443 e. The minimum absolute atomic E-state index is 0.0987. The molecule has 0 radical (unpaired) electrons. The molecule has 0 saturated heterocycles. The monoisotopic (exact) mass is 411 g/mol. The summed E-state index contributed by atoms with van der Waals surface area (Å²) in [5.41, 5.74) is 0.442. The Morgan fingerprint density at radius 2 is 1.89 bits per heavy atom. The Morgan fingerprint density at radius 1 is 1.18 bits per heavy atom. The third kappa shape index (κ3) is 3.15. The highest BCUT2D eigenvalue weighted by atomic mass is 32.1. The molecule has 1 aromatic carbocycles. The lowest BCUT2D eigenvalue weighted by Gasteiger charge is -2.33. The molecule has 4 rings (SSSR count). The van der Waals surface area contributed by atoms with E-state index in [1.165, 1.54) is 29.6 Å². The first kappa shape index (κ1) is 18.5. The van der Waals surface area contributed by atoms with Crippen molar-refractivity contribution in [1.82, 2.24) is 24.6 Å². The maximum absolute atomic E-state index is 13.1. The van der Waals surface area contributed by atoms with Crippen molar-refractivity contribution in [2.75, 3.05) is 6.54 Å². The van der Waals surface area contributed by atoms with Crippen LogP contribution >= 0.6 is 11.3 Å².